The van der Waals surface area contributed by atoms with E-state index in [0.29, 0.717) is 18.4 Å². The molecule has 1 aromatic carbocycles. The van der Waals surface area contributed by atoms with E-state index in [1.54, 1.807) is 18.2 Å². The smallest absolute Gasteiger partial charge is 0.310 e. The van der Waals surface area contributed by atoms with Gasteiger partial charge < -0.3 is 10.8 Å². The molecule has 0 unspecified atom stereocenters. The Morgan fingerprint density at radius 2 is 2.00 bits per heavy atom. The first kappa shape index (κ1) is 13.0. The highest BCUT2D eigenvalue weighted by atomic mass is 19.1. The van der Waals surface area contributed by atoms with Crippen LogP contribution in [0.25, 0.3) is 0 Å². The van der Waals surface area contributed by atoms with Crippen molar-refractivity contribution in [2.75, 3.05) is 6.54 Å². The predicted molar refractivity (Wildman–Crippen MR) is 66.7 cm³/mol. The summed E-state index contributed by atoms with van der Waals surface area (Å²) in [7, 11) is 0. The first-order valence-electron chi connectivity index (χ1n) is 6.30. The number of carboxylic acid groups (broad SMARTS) is 1. The molecule has 1 fully saturated rings. The maximum absolute atomic E-state index is 13.9. The average molecular weight is 251 g/mol. The molecule has 1 atom stereocenters. The molecule has 1 aromatic rings. The van der Waals surface area contributed by atoms with Gasteiger partial charge in [-0.3, -0.25) is 4.79 Å². The van der Waals surface area contributed by atoms with Crippen LogP contribution in [0.1, 0.15) is 37.2 Å². The van der Waals surface area contributed by atoms with Crippen molar-refractivity contribution in [2.24, 2.45) is 11.1 Å². The zero-order chi connectivity index (χ0) is 13.2. The SMILES string of the molecule is NC[C@@H](c1ccccc1F)C1(C(=O)O)CCCC1. The molecule has 1 aliphatic carbocycles. The molecular weight excluding hydrogens is 233 g/mol. The Morgan fingerprint density at radius 3 is 2.50 bits per heavy atom. The quantitative estimate of drug-likeness (QED) is 0.864. The fraction of sp³-hybridized carbons (Fsp3) is 0.500. The summed E-state index contributed by atoms with van der Waals surface area (Å²) in [6, 6.07) is 6.35. The Hall–Kier alpha value is -1.42. The Bertz CT molecular complexity index is 441. The molecule has 3 nitrogen and oxygen atoms in total. The summed E-state index contributed by atoms with van der Waals surface area (Å²) < 4.78 is 13.9. The van der Waals surface area contributed by atoms with Gasteiger partial charge in [-0.15, -0.1) is 0 Å². The highest BCUT2D eigenvalue weighted by Gasteiger charge is 2.48. The lowest BCUT2D eigenvalue weighted by atomic mass is 9.70. The summed E-state index contributed by atoms with van der Waals surface area (Å²) in [4.78, 5) is 11.6. The third-order valence-corrected chi connectivity index (χ3v) is 4.11. The van der Waals surface area contributed by atoms with Gasteiger partial charge in [0, 0.05) is 12.5 Å². The van der Waals surface area contributed by atoms with Crippen molar-refractivity contribution in [3.05, 3.63) is 35.6 Å². The second-order valence-corrected chi connectivity index (χ2v) is 4.98. The van der Waals surface area contributed by atoms with Crippen molar-refractivity contribution >= 4 is 5.97 Å². The van der Waals surface area contributed by atoms with Crippen LogP contribution >= 0.6 is 0 Å². The number of nitrogens with two attached hydrogens (primary N) is 1. The van der Waals surface area contributed by atoms with E-state index in [9.17, 15) is 14.3 Å². The van der Waals surface area contributed by atoms with E-state index in [1.807, 2.05) is 0 Å². The maximum atomic E-state index is 13.9. The van der Waals surface area contributed by atoms with Crippen molar-refractivity contribution < 1.29 is 14.3 Å². The van der Waals surface area contributed by atoms with E-state index >= 15 is 0 Å². The van der Waals surface area contributed by atoms with Crippen LogP contribution in [0.3, 0.4) is 0 Å². The molecule has 18 heavy (non-hydrogen) atoms. The number of halogens is 1. The van der Waals surface area contributed by atoms with Crippen LogP contribution in [0.2, 0.25) is 0 Å². The van der Waals surface area contributed by atoms with Gasteiger partial charge in [0.15, 0.2) is 0 Å². The third-order valence-electron chi connectivity index (χ3n) is 4.11. The number of carboxylic acids is 1. The Morgan fingerprint density at radius 1 is 1.39 bits per heavy atom. The zero-order valence-corrected chi connectivity index (χ0v) is 10.2. The number of carbonyl (C=O) groups is 1. The highest BCUT2D eigenvalue weighted by molar-refractivity contribution is 5.76. The fourth-order valence-electron chi connectivity index (χ4n) is 3.13. The first-order valence-corrected chi connectivity index (χ1v) is 6.30. The van der Waals surface area contributed by atoms with E-state index in [-0.39, 0.29) is 12.4 Å². The van der Waals surface area contributed by atoms with Gasteiger partial charge in [0.05, 0.1) is 5.41 Å². The third kappa shape index (κ3) is 2.01. The lowest BCUT2D eigenvalue weighted by Gasteiger charge is -2.33. The molecule has 1 saturated carbocycles. The van der Waals surface area contributed by atoms with Crippen LogP contribution in [0, 0.1) is 11.2 Å². The molecule has 0 aliphatic heterocycles. The molecule has 0 amide bonds. The Kier molecular flexibility index (Phi) is 3.66. The Labute approximate surface area is 106 Å². The molecule has 3 N–H and O–H groups in total. The predicted octanol–water partition coefficient (Wildman–Crippen LogP) is 2.51. The normalized spacial score (nSPS) is 19.7. The van der Waals surface area contributed by atoms with E-state index in [1.165, 1.54) is 6.07 Å². The summed E-state index contributed by atoms with van der Waals surface area (Å²) >= 11 is 0. The van der Waals surface area contributed by atoms with Crippen molar-refractivity contribution in [3.63, 3.8) is 0 Å². The van der Waals surface area contributed by atoms with Crippen molar-refractivity contribution in [3.8, 4) is 0 Å². The Balaban J connectivity index is 2.44. The van der Waals surface area contributed by atoms with Gasteiger partial charge in [0.2, 0.25) is 0 Å². The van der Waals surface area contributed by atoms with Crippen molar-refractivity contribution in [1.29, 1.82) is 0 Å². The molecule has 2 rings (SSSR count). The minimum absolute atomic E-state index is 0.160. The van der Waals surface area contributed by atoms with Crippen molar-refractivity contribution in [1.82, 2.24) is 0 Å². The molecule has 1 aliphatic rings. The number of hydrogen-bond donors (Lipinski definition) is 2. The maximum Gasteiger partial charge on any atom is 0.310 e. The van der Waals surface area contributed by atoms with E-state index < -0.39 is 17.3 Å². The van der Waals surface area contributed by atoms with Gasteiger partial charge in [0.1, 0.15) is 5.82 Å². The second-order valence-electron chi connectivity index (χ2n) is 4.98. The largest absolute Gasteiger partial charge is 0.481 e. The van der Waals surface area contributed by atoms with Gasteiger partial charge in [0.25, 0.3) is 0 Å². The lowest BCUT2D eigenvalue weighted by Crippen LogP contribution is -2.39. The van der Waals surface area contributed by atoms with E-state index in [4.69, 9.17) is 5.73 Å². The molecule has 0 saturated heterocycles. The summed E-state index contributed by atoms with van der Waals surface area (Å²) in [5.41, 5.74) is 5.29. The molecule has 0 aromatic heterocycles. The summed E-state index contributed by atoms with van der Waals surface area (Å²) in [5, 5.41) is 9.54. The second kappa shape index (κ2) is 5.06. The zero-order valence-electron chi connectivity index (χ0n) is 10.2. The van der Waals surface area contributed by atoms with Crippen LogP contribution in [-0.2, 0) is 4.79 Å². The molecule has 0 bridgehead atoms. The van der Waals surface area contributed by atoms with Gasteiger partial charge in [-0.25, -0.2) is 4.39 Å². The number of benzene rings is 1. The molecular formula is C14H18FNO2. The minimum atomic E-state index is -0.892. The van der Waals surface area contributed by atoms with Crippen LogP contribution < -0.4 is 5.73 Å². The summed E-state index contributed by atoms with van der Waals surface area (Å²) in [6.45, 7) is 0.160. The first-order chi connectivity index (χ1) is 8.62. The molecule has 4 heteroatoms. The highest BCUT2D eigenvalue weighted by Crippen LogP contribution is 2.49. The van der Waals surface area contributed by atoms with Gasteiger partial charge >= 0.3 is 5.97 Å². The van der Waals surface area contributed by atoms with E-state index in [2.05, 4.69) is 0 Å². The van der Waals surface area contributed by atoms with Gasteiger partial charge in [-0.05, 0) is 24.5 Å². The number of rotatable bonds is 4. The summed E-state index contributed by atoms with van der Waals surface area (Å²) in [6.07, 6.45) is 2.91. The van der Waals surface area contributed by atoms with Crippen LogP contribution in [0.15, 0.2) is 24.3 Å². The molecule has 0 spiro atoms. The number of aliphatic carboxylic acids is 1. The van der Waals surface area contributed by atoms with Crippen molar-refractivity contribution in [2.45, 2.75) is 31.6 Å². The van der Waals surface area contributed by atoms with Crippen LogP contribution in [0.5, 0.6) is 0 Å². The molecule has 98 valence electrons. The standard InChI is InChI=1S/C14H18FNO2/c15-12-6-2-1-5-10(12)11(9-16)14(13(17)18)7-3-4-8-14/h1-2,5-6,11H,3-4,7-9,16H2,(H,17,18)/t11-/m0/s1. The number of hydrogen-bond acceptors (Lipinski definition) is 2. The molecule has 0 radical (unpaired) electrons. The van der Waals surface area contributed by atoms with Gasteiger partial charge in [-0.1, -0.05) is 31.0 Å². The molecule has 0 heterocycles. The monoisotopic (exact) mass is 251 g/mol. The van der Waals surface area contributed by atoms with Crippen LogP contribution in [0.4, 0.5) is 4.39 Å². The van der Waals surface area contributed by atoms with Crippen LogP contribution in [-0.4, -0.2) is 17.6 Å². The minimum Gasteiger partial charge on any atom is -0.481 e. The summed E-state index contributed by atoms with van der Waals surface area (Å²) in [5.74, 6) is -1.65. The topological polar surface area (TPSA) is 63.3 Å². The average Bonchev–Trinajstić information content (AvgIpc) is 2.83. The van der Waals surface area contributed by atoms with Gasteiger partial charge in [-0.2, -0.15) is 0 Å². The lowest BCUT2D eigenvalue weighted by molar-refractivity contribution is -0.150. The fourth-order valence-corrected chi connectivity index (χ4v) is 3.13. The van der Waals surface area contributed by atoms with E-state index in [0.717, 1.165) is 12.8 Å².